The quantitative estimate of drug-likeness (QED) is 0.660. The Hall–Kier alpha value is -3.03. The highest BCUT2D eigenvalue weighted by Crippen LogP contribution is 2.30. The second-order valence-corrected chi connectivity index (χ2v) is 4.13. The zero-order valence-corrected chi connectivity index (χ0v) is 11.0. The van der Waals surface area contributed by atoms with E-state index in [1.54, 1.807) is 0 Å². The normalized spacial score (nSPS) is 10.2. The van der Waals surface area contributed by atoms with E-state index in [-0.39, 0.29) is 28.3 Å². The molecular formula is C13H11FN4O3. The number of pyridine rings is 1. The van der Waals surface area contributed by atoms with Crippen molar-refractivity contribution >= 4 is 17.4 Å². The number of rotatable bonds is 3. The van der Waals surface area contributed by atoms with Crippen molar-refractivity contribution in [2.75, 3.05) is 12.8 Å². The van der Waals surface area contributed by atoms with Crippen LogP contribution in [0.25, 0.3) is 11.1 Å². The van der Waals surface area contributed by atoms with Crippen molar-refractivity contribution in [2.24, 2.45) is 0 Å². The first kappa shape index (κ1) is 14.4. The first-order valence-corrected chi connectivity index (χ1v) is 5.87. The summed E-state index contributed by atoms with van der Waals surface area (Å²) in [6.07, 6.45) is 0. The fourth-order valence-electron chi connectivity index (χ4n) is 1.79. The highest BCUT2D eigenvalue weighted by atomic mass is 19.1. The van der Waals surface area contributed by atoms with Gasteiger partial charge in [-0.15, -0.1) is 0 Å². The molecule has 0 fully saturated rings. The maximum atomic E-state index is 13.8. The van der Waals surface area contributed by atoms with E-state index < -0.39 is 16.6 Å². The molecule has 0 bridgehead atoms. The van der Waals surface area contributed by atoms with E-state index in [2.05, 4.69) is 10.3 Å². The average Bonchev–Trinajstić information content (AvgIpc) is 2.47. The minimum Gasteiger partial charge on any atom is -0.383 e. The van der Waals surface area contributed by atoms with Crippen molar-refractivity contribution in [3.8, 4) is 11.1 Å². The Balaban J connectivity index is 2.54. The minimum absolute atomic E-state index is 0.0438. The zero-order chi connectivity index (χ0) is 15.6. The lowest BCUT2D eigenvalue weighted by Crippen LogP contribution is -2.19. The number of nitro groups is 1. The van der Waals surface area contributed by atoms with E-state index in [0.717, 1.165) is 18.2 Å². The Morgan fingerprint density at radius 1 is 1.33 bits per heavy atom. The molecule has 108 valence electrons. The van der Waals surface area contributed by atoms with Crippen LogP contribution >= 0.6 is 0 Å². The van der Waals surface area contributed by atoms with Gasteiger partial charge < -0.3 is 11.1 Å². The maximum absolute atomic E-state index is 13.8. The number of nitrogens with two attached hydrogens (primary N) is 1. The Morgan fingerprint density at radius 3 is 2.62 bits per heavy atom. The smallest absolute Gasteiger partial charge is 0.270 e. The molecule has 0 unspecified atom stereocenters. The lowest BCUT2D eigenvalue weighted by molar-refractivity contribution is -0.384. The van der Waals surface area contributed by atoms with Gasteiger partial charge in [0.25, 0.3) is 11.6 Å². The molecule has 0 spiro atoms. The molecule has 0 aliphatic carbocycles. The summed E-state index contributed by atoms with van der Waals surface area (Å²) >= 11 is 0. The van der Waals surface area contributed by atoms with Crippen LogP contribution in [-0.4, -0.2) is 22.9 Å². The van der Waals surface area contributed by atoms with E-state index in [4.69, 9.17) is 5.73 Å². The topological polar surface area (TPSA) is 111 Å². The molecule has 0 radical (unpaired) electrons. The number of nitrogens with zero attached hydrogens (tertiary/aromatic N) is 2. The van der Waals surface area contributed by atoms with E-state index in [1.807, 2.05) is 0 Å². The van der Waals surface area contributed by atoms with Crippen LogP contribution in [0.4, 0.5) is 15.9 Å². The minimum atomic E-state index is -0.665. The number of aromatic nitrogens is 1. The van der Waals surface area contributed by atoms with Crippen molar-refractivity contribution in [3.05, 3.63) is 52.0 Å². The molecule has 1 aromatic carbocycles. The predicted molar refractivity (Wildman–Crippen MR) is 74.1 cm³/mol. The Kier molecular flexibility index (Phi) is 3.79. The van der Waals surface area contributed by atoms with E-state index in [0.29, 0.717) is 0 Å². The van der Waals surface area contributed by atoms with Gasteiger partial charge in [0.2, 0.25) is 0 Å². The van der Waals surface area contributed by atoms with Crippen LogP contribution < -0.4 is 11.1 Å². The van der Waals surface area contributed by atoms with Gasteiger partial charge in [0, 0.05) is 30.3 Å². The second-order valence-electron chi connectivity index (χ2n) is 4.13. The summed E-state index contributed by atoms with van der Waals surface area (Å²) in [7, 11) is 1.44. The molecule has 2 aromatic rings. The van der Waals surface area contributed by atoms with Gasteiger partial charge in [0.15, 0.2) is 0 Å². The molecule has 1 heterocycles. The Labute approximate surface area is 118 Å². The number of carbonyl (C=O) groups excluding carboxylic acids is 1. The maximum Gasteiger partial charge on any atom is 0.270 e. The van der Waals surface area contributed by atoms with Crippen LogP contribution in [0.2, 0.25) is 0 Å². The van der Waals surface area contributed by atoms with Crippen molar-refractivity contribution < 1.29 is 14.1 Å². The van der Waals surface area contributed by atoms with Crippen molar-refractivity contribution in [3.63, 3.8) is 0 Å². The lowest BCUT2D eigenvalue weighted by Gasteiger charge is -2.08. The molecule has 3 N–H and O–H groups in total. The first-order valence-electron chi connectivity index (χ1n) is 5.87. The molecule has 7 nitrogen and oxygen atoms in total. The van der Waals surface area contributed by atoms with Gasteiger partial charge in [-0.2, -0.15) is 0 Å². The van der Waals surface area contributed by atoms with E-state index >= 15 is 0 Å². The monoisotopic (exact) mass is 290 g/mol. The summed E-state index contributed by atoms with van der Waals surface area (Å²) in [6, 6.07) is 5.88. The number of anilines is 1. The molecule has 8 heteroatoms. The highest BCUT2D eigenvalue weighted by molar-refractivity contribution is 5.93. The van der Waals surface area contributed by atoms with Gasteiger partial charge in [-0.25, -0.2) is 9.37 Å². The van der Waals surface area contributed by atoms with Crippen LogP contribution in [-0.2, 0) is 0 Å². The molecule has 0 saturated heterocycles. The van der Waals surface area contributed by atoms with Crippen molar-refractivity contribution in [2.45, 2.75) is 0 Å². The number of carbonyl (C=O) groups is 1. The lowest BCUT2D eigenvalue weighted by atomic mass is 10.0. The molecule has 2 rings (SSSR count). The molecule has 0 atom stereocenters. The predicted octanol–water partition coefficient (Wildman–Crippen LogP) is 1.74. The fraction of sp³-hybridized carbons (Fsp3) is 0.0769. The third-order valence-corrected chi connectivity index (χ3v) is 2.84. The standard InChI is InChI=1S/C13H11FN4O3/c1-16-13(19)11-5-3-8(12(15)17-11)9-6-7(18(20)21)2-4-10(9)14/h2-6H,1H3,(H2,15,17)(H,16,19). The third kappa shape index (κ3) is 2.78. The summed E-state index contributed by atoms with van der Waals surface area (Å²) in [5.74, 6) is -1.19. The van der Waals surface area contributed by atoms with Gasteiger partial charge in [-0.1, -0.05) is 0 Å². The van der Waals surface area contributed by atoms with Gasteiger partial charge in [0.1, 0.15) is 17.3 Å². The van der Waals surface area contributed by atoms with Crippen LogP contribution in [0.5, 0.6) is 0 Å². The molecule has 21 heavy (non-hydrogen) atoms. The zero-order valence-electron chi connectivity index (χ0n) is 11.0. The average molecular weight is 290 g/mol. The fourth-order valence-corrected chi connectivity index (χ4v) is 1.79. The first-order chi connectivity index (χ1) is 9.93. The van der Waals surface area contributed by atoms with Crippen molar-refractivity contribution in [1.82, 2.24) is 10.3 Å². The SMILES string of the molecule is CNC(=O)c1ccc(-c2cc([N+](=O)[O-])ccc2F)c(N)n1. The van der Waals surface area contributed by atoms with E-state index in [1.165, 1.54) is 19.2 Å². The molecular weight excluding hydrogens is 279 g/mol. The Morgan fingerprint density at radius 2 is 2.05 bits per heavy atom. The molecule has 0 saturated carbocycles. The number of nitrogen functional groups attached to an aromatic ring is 1. The highest BCUT2D eigenvalue weighted by Gasteiger charge is 2.16. The number of hydrogen-bond acceptors (Lipinski definition) is 5. The van der Waals surface area contributed by atoms with E-state index in [9.17, 15) is 19.3 Å². The molecule has 0 aliphatic rings. The number of non-ortho nitro benzene ring substituents is 1. The summed E-state index contributed by atoms with van der Waals surface area (Å²) in [4.78, 5) is 25.4. The largest absolute Gasteiger partial charge is 0.383 e. The van der Waals surface area contributed by atoms with Crippen LogP contribution in [0.3, 0.4) is 0 Å². The summed E-state index contributed by atoms with van der Waals surface area (Å²) < 4.78 is 13.8. The third-order valence-electron chi connectivity index (χ3n) is 2.84. The number of nitrogens with one attached hydrogen (secondary N) is 1. The summed E-state index contributed by atoms with van der Waals surface area (Å²) in [5, 5.41) is 13.1. The van der Waals surface area contributed by atoms with Crippen LogP contribution in [0.15, 0.2) is 30.3 Å². The Bertz CT molecular complexity index is 733. The summed E-state index contributed by atoms with van der Waals surface area (Å²) in [5.41, 5.74) is 5.66. The molecule has 1 aromatic heterocycles. The number of amides is 1. The second kappa shape index (κ2) is 5.53. The van der Waals surface area contributed by atoms with Crippen molar-refractivity contribution in [1.29, 1.82) is 0 Å². The number of halogens is 1. The number of hydrogen-bond donors (Lipinski definition) is 2. The van der Waals surface area contributed by atoms with Gasteiger partial charge in [0.05, 0.1) is 4.92 Å². The van der Waals surface area contributed by atoms with Crippen LogP contribution in [0, 0.1) is 15.9 Å². The molecule has 1 amide bonds. The van der Waals surface area contributed by atoms with Gasteiger partial charge in [-0.3, -0.25) is 14.9 Å². The molecule has 0 aliphatic heterocycles. The number of benzene rings is 1. The van der Waals surface area contributed by atoms with Crippen LogP contribution in [0.1, 0.15) is 10.5 Å². The van der Waals surface area contributed by atoms with Gasteiger partial charge in [-0.05, 0) is 18.2 Å². The van der Waals surface area contributed by atoms with Gasteiger partial charge >= 0.3 is 0 Å². The number of nitro benzene ring substituents is 1. The summed E-state index contributed by atoms with van der Waals surface area (Å²) in [6.45, 7) is 0.